The van der Waals surface area contributed by atoms with Crippen LogP contribution in [0.4, 0.5) is 14.7 Å². The van der Waals surface area contributed by atoms with E-state index in [4.69, 9.17) is 33.5 Å². The van der Waals surface area contributed by atoms with E-state index in [1.165, 1.54) is 16.7 Å². The van der Waals surface area contributed by atoms with Crippen LogP contribution in [0, 0.1) is 0 Å². The highest BCUT2D eigenvalue weighted by atomic mass is 32.2. The molecule has 0 bridgehead atoms. The number of pyridine rings is 1. The molecule has 1 fully saturated rings. The van der Waals surface area contributed by atoms with Crippen molar-refractivity contribution in [2.45, 2.75) is 96.8 Å². The molecule has 348 valence electrons. The number of fused-ring (bicyclic) bond motifs is 2. The van der Waals surface area contributed by atoms with E-state index in [-0.39, 0.29) is 54.5 Å². The molecule has 0 spiro atoms. The fourth-order valence-corrected chi connectivity index (χ4v) is 8.52. The van der Waals surface area contributed by atoms with Crippen molar-refractivity contribution in [3.05, 3.63) is 71.6 Å². The zero-order valence-corrected chi connectivity index (χ0v) is 39.2. The van der Waals surface area contributed by atoms with E-state index in [0.29, 0.717) is 29.1 Å². The number of carbonyl (C=O) groups excluding carboxylic acids is 5. The van der Waals surface area contributed by atoms with Crippen molar-refractivity contribution in [1.29, 1.82) is 0 Å². The van der Waals surface area contributed by atoms with E-state index in [1.807, 2.05) is 27.5 Å². The number of imidazole rings is 1. The summed E-state index contributed by atoms with van der Waals surface area (Å²) in [6.45, 7) is 12.8. The Hall–Kier alpha value is -6.33. The molecular formula is C42H53N10O11S2+. The number of amides is 4. The lowest BCUT2D eigenvalue weighted by Gasteiger charge is -2.49. The first kappa shape index (κ1) is 48.1. The van der Waals surface area contributed by atoms with Crippen LogP contribution >= 0.6 is 23.3 Å². The van der Waals surface area contributed by atoms with Gasteiger partial charge in [0.25, 0.3) is 11.8 Å². The van der Waals surface area contributed by atoms with Crippen LogP contribution in [0.15, 0.2) is 65.3 Å². The van der Waals surface area contributed by atoms with Gasteiger partial charge < -0.3 is 43.7 Å². The van der Waals surface area contributed by atoms with E-state index < -0.39 is 58.6 Å². The topological polar surface area (TPSA) is 240 Å². The van der Waals surface area contributed by atoms with Crippen molar-refractivity contribution < 1.29 is 57.1 Å². The summed E-state index contributed by atoms with van der Waals surface area (Å²) in [6.07, 6.45) is 2.13. The number of ether oxygens (including phenoxy) is 5. The minimum absolute atomic E-state index is 0.0428. The van der Waals surface area contributed by atoms with Crippen LogP contribution < -0.4 is 25.3 Å². The van der Waals surface area contributed by atoms with Crippen molar-refractivity contribution in [2.75, 3.05) is 38.5 Å². The maximum Gasteiger partial charge on any atom is 0.414 e. The van der Waals surface area contributed by atoms with E-state index in [0.717, 1.165) is 17.0 Å². The number of aromatic nitrogens is 5. The summed E-state index contributed by atoms with van der Waals surface area (Å²) in [5, 5.41) is 11.3. The Morgan fingerprint density at radius 3 is 2.42 bits per heavy atom. The van der Waals surface area contributed by atoms with Crippen LogP contribution in [0.5, 0.6) is 5.75 Å². The average molecular weight is 938 g/mol. The predicted molar refractivity (Wildman–Crippen MR) is 238 cm³/mol. The van der Waals surface area contributed by atoms with Crippen molar-refractivity contribution in [3.63, 3.8) is 0 Å². The number of β-lactam (4-membered cyclic amide) rings is 1. The van der Waals surface area contributed by atoms with Crippen LogP contribution in [0.2, 0.25) is 0 Å². The number of benzene rings is 1. The Morgan fingerprint density at radius 1 is 1.02 bits per heavy atom. The zero-order chi connectivity index (χ0) is 47.1. The van der Waals surface area contributed by atoms with Gasteiger partial charge in [0.2, 0.25) is 23.0 Å². The monoisotopic (exact) mass is 937 g/mol. The molecule has 5 heterocycles. The molecule has 4 aromatic rings. The number of rotatable bonds is 17. The van der Waals surface area contributed by atoms with Gasteiger partial charge in [0.05, 0.1) is 26.0 Å². The van der Waals surface area contributed by atoms with Crippen LogP contribution in [0.1, 0.15) is 59.9 Å². The molecule has 3 atom stereocenters. The summed E-state index contributed by atoms with van der Waals surface area (Å²) in [4.78, 5) is 82.6. The molecule has 21 nitrogen and oxygen atoms in total. The molecule has 2 aliphatic heterocycles. The number of thioether (sulfide) groups is 1. The van der Waals surface area contributed by atoms with E-state index in [1.54, 1.807) is 93.3 Å². The standard InChI is InChI=1S/C42H52N10O11S2/c1-10-61-48-29(32-46-38(65-49-32)47-40(57)63-42(5,6)7)34(53)45-30-35(54)52-31(37(55)60-20-24-13-15-27(59-9)16-14-24)25(22-64-36(30)52)18-50-17-11-12-28-33(50)43-23-51(28)19-26(21-58-8)44-39(56)62-41(2,3)4/h11-17,23,26,30,36H,10,18-22H2,1-9H3,(H2-,44,45,46,47,49,53,56,57)/p+1. The van der Waals surface area contributed by atoms with E-state index >= 15 is 0 Å². The summed E-state index contributed by atoms with van der Waals surface area (Å²) < 4.78 is 35.1. The third-order valence-electron chi connectivity index (χ3n) is 9.32. The highest BCUT2D eigenvalue weighted by Crippen LogP contribution is 2.41. The Labute approximate surface area is 383 Å². The van der Waals surface area contributed by atoms with Crippen molar-refractivity contribution >= 4 is 75.3 Å². The van der Waals surface area contributed by atoms with Crippen molar-refractivity contribution in [2.24, 2.45) is 5.16 Å². The number of hydrogen-bond acceptors (Lipinski definition) is 17. The zero-order valence-electron chi connectivity index (χ0n) is 37.5. The summed E-state index contributed by atoms with van der Waals surface area (Å²) in [5.74, 6) is -1.35. The SMILES string of the molecule is CCON=C(C(=O)NC1C(=O)N2C(C(=O)OCc3ccc(OC)cc3)=C(C[n+]3cccc4c3ncn4CC(COC)NC(=O)OC(C)(C)C)CSC12)c1nsc(NC(=O)OC(C)(C)C)n1. The number of methoxy groups -OCH3 is 2. The normalized spacial score (nSPS) is 16.8. The second-order valence-corrected chi connectivity index (χ2v) is 18.5. The second kappa shape index (κ2) is 20.7. The Balaban J connectivity index is 1.24. The molecule has 6 rings (SSSR count). The molecule has 3 N–H and O–H groups in total. The molecular weight excluding hydrogens is 885 g/mol. The van der Waals surface area contributed by atoms with Gasteiger partial charge in [0.15, 0.2) is 0 Å². The maximum absolute atomic E-state index is 14.2. The lowest BCUT2D eigenvalue weighted by molar-refractivity contribution is -0.664. The van der Waals surface area contributed by atoms with Crippen molar-refractivity contribution in [1.82, 2.24) is 34.4 Å². The van der Waals surface area contributed by atoms with Gasteiger partial charge in [-0.05, 0) is 83.3 Å². The molecule has 23 heteroatoms. The molecule has 1 saturated heterocycles. The summed E-state index contributed by atoms with van der Waals surface area (Å²) in [6, 6.07) is 9.22. The Bertz CT molecular complexity index is 2460. The quantitative estimate of drug-likeness (QED) is 0.0340. The molecule has 0 radical (unpaired) electrons. The Morgan fingerprint density at radius 2 is 1.74 bits per heavy atom. The summed E-state index contributed by atoms with van der Waals surface area (Å²) in [5.41, 5.74) is 0.851. The number of hydrogen-bond donors (Lipinski definition) is 3. The van der Waals surface area contributed by atoms with Crippen LogP contribution in [0.25, 0.3) is 11.2 Å². The first-order valence-electron chi connectivity index (χ1n) is 20.5. The van der Waals surface area contributed by atoms with Gasteiger partial charge in [-0.1, -0.05) is 17.3 Å². The first-order valence-corrected chi connectivity index (χ1v) is 22.3. The number of carbonyl (C=O) groups is 5. The molecule has 65 heavy (non-hydrogen) atoms. The van der Waals surface area contributed by atoms with E-state index in [9.17, 15) is 24.0 Å². The maximum atomic E-state index is 14.2. The highest BCUT2D eigenvalue weighted by Gasteiger charge is 2.55. The third kappa shape index (κ3) is 12.3. The molecule has 4 amide bonds. The van der Waals surface area contributed by atoms with Crippen molar-refractivity contribution in [3.8, 4) is 5.75 Å². The molecule has 0 aliphatic carbocycles. The number of anilines is 1. The number of alkyl carbamates (subject to hydrolysis) is 1. The molecule has 0 saturated carbocycles. The van der Waals surface area contributed by atoms with Gasteiger partial charge in [0.1, 0.15) is 59.3 Å². The molecule has 1 aromatic carbocycles. The largest absolute Gasteiger partial charge is 0.497 e. The summed E-state index contributed by atoms with van der Waals surface area (Å²) >= 11 is 2.15. The summed E-state index contributed by atoms with van der Waals surface area (Å²) in [7, 11) is 3.09. The van der Waals surface area contributed by atoms with Gasteiger partial charge in [-0.15, -0.1) is 11.8 Å². The lowest BCUT2D eigenvalue weighted by atomic mass is 10.0. The molecule has 2 aliphatic rings. The van der Waals surface area contributed by atoms with Gasteiger partial charge in [-0.2, -0.15) is 9.36 Å². The number of esters is 1. The lowest BCUT2D eigenvalue weighted by Crippen LogP contribution is -2.71. The minimum atomic E-state index is -1.08. The first-order chi connectivity index (χ1) is 30.9. The number of nitrogens with one attached hydrogen (secondary N) is 3. The number of nitrogens with zero attached hydrogens (tertiary/aromatic N) is 7. The smallest absolute Gasteiger partial charge is 0.414 e. The van der Waals surface area contributed by atoms with Crippen LogP contribution in [0.3, 0.4) is 0 Å². The van der Waals surface area contributed by atoms with Gasteiger partial charge in [-0.25, -0.2) is 19.0 Å². The molecule has 3 unspecified atom stereocenters. The fraction of sp³-hybridized carbons (Fsp3) is 0.476. The molecule has 3 aromatic heterocycles. The van der Waals surface area contributed by atoms with Gasteiger partial charge in [-0.3, -0.25) is 19.8 Å². The predicted octanol–water partition coefficient (Wildman–Crippen LogP) is 3.91. The van der Waals surface area contributed by atoms with Crippen LogP contribution in [-0.4, -0.2) is 121 Å². The third-order valence-corrected chi connectivity index (χ3v) is 11.3. The second-order valence-electron chi connectivity index (χ2n) is 16.7. The fourth-order valence-electron chi connectivity index (χ4n) is 6.63. The highest BCUT2D eigenvalue weighted by molar-refractivity contribution is 8.00. The minimum Gasteiger partial charge on any atom is -0.497 e. The Kier molecular flexibility index (Phi) is 15.3. The van der Waals surface area contributed by atoms with E-state index in [2.05, 4.69) is 30.5 Å². The average Bonchev–Trinajstić information content (AvgIpc) is 3.88. The van der Waals surface area contributed by atoms with Gasteiger partial charge >= 0.3 is 23.8 Å². The van der Waals surface area contributed by atoms with Crippen LogP contribution in [-0.2, 0) is 57.9 Å². The number of oxime groups is 1. The van der Waals surface area contributed by atoms with Gasteiger partial charge in [0, 0.05) is 36.5 Å².